The quantitative estimate of drug-likeness (QED) is 0.808. The summed E-state index contributed by atoms with van der Waals surface area (Å²) in [4.78, 5) is 2.43. The highest BCUT2D eigenvalue weighted by Crippen LogP contribution is 2.22. The first-order valence-corrected chi connectivity index (χ1v) is 6.80. The Labute approximate surface area is 110 Å². The Morgan fingerprint density at radius 1 is 1.35 bits per heavy atom. The van der Waals surface area contributed by atoms with Crippen molar-refractivity contribution >= 4 is 11.6 Å². The molecule has 2 nitrogen and oxygen atoms in total. The van der Waals surface area contributed by atoms with Crippen molar-refractivity contribution in [2.75, 3.05) is 19.6 Å². The first-order valence-electron chi connectivity index (χ1n) is 6.42. The maximum Gasteiger partial charge on any atom is 0.0470 e. The number of benzene rings is 1. The largest absolute Gasteiger partial charge is 0.329 e. The van der Waals surface area contributed by atoms with Gasteiger partial charge in [-0.1, -0.05) is 44.0 Å². The van der Waals surface area contributed by atoms with Crippen LogP contribution in [0.1, 0.15) is 38.3 Å². The zero-order valence-electron chi connectivity index (χ0n) is 10.8. The maximum absolute atomic E-state index is 6.04. The lowest BCUT2D eigenvalue weighted by Crippen LogP contribution is -2.34. The van der Waals surface area contributed by atoms with Gasteiger partial charge in [-0.3, -0.25) is 4.90 Å². The van der Waals surface area contributed by atoms with Gasteiger partial charge in [0.15, 0.2) is 0 Å². The summed E-state index contributed by atoms with van der Waals surface area (Å²) in [6.45, 7) is 7.15. The van der Waals surface area contributed by atoms with E-state index in [0.717, 1.165) is 18.1 Å². The van der Waals surface area contributed by atoms with Crippen molar-refractivity contribution in [3.8, 4) is 0 Å². The second-order valence-corrected chi connectivity index (χ2v) is 4.73. The smallest absolute Gasteiger partial charge is 0.0470 e. The van der Waals surface area contributed by atoms with Crippen molar-refractivity contribution in [3.63, 3.8) is 0 Å². The minimum atomic E-state index is 0.283. The summed E-state index contributed by atoms with van der Waals surface area (Å²) in [6.07, 6.45) is 2.42. The number of halogens is 1. The van der Waals surface area contributed by atoms with Crippen LogP contribution in [0, 0.1) is 0 Å². The molecule has 2 N–H and O–H groups in total. The van der Waals surface area contributed by atoms with E-state index in [1.54, 1.807) is 0 Å². The molecule has 1 atom stereocenters. The third-order valence-corrected chi connectivity index (χ3v) is 3.34. The standard InChI is InChI=1S/C14H23ClN2/c1-3-5-9-17(4-2)14(11-16)12-7-6-8-13(15)10-12/h6-8,10,14H,3-5,9,11,16H2,1-2H3. The fraction of sp³-hybridized carbons (Fsp3) is 0.571. The van der Waals surface area contributed by atoms with Gasteiger partial charge in [-0.25, -0.2) is 0 Å². The minimum Gasteiger partial charge on any atom is -0.329 e. The average molecular weight is 255 g/mol. The van der Waals surface area contributed by atoms with Crippen LogP contribution in [0.2, 0.25) is 5.02 Å². The first-order chi connectivity index (χ1) is 8.22. The van der Waals surface area contributed by atoms with E-state index >= 15 is 0 Å². The van der Waals surface area contributed by atoms with Crippen molar-refractivity contribution in [1.29, 1.82) is 0 Å². The summed E-state index contributed by atoms with van der Waals surface area (Å²) < 4.78 is 0. The van der Waals surface area contributed by atoms with Crippen molar-refractivity contribution in [1.82, 2.24) is 4.90 Å². The summed E-state index contributed by atoms with van der Waals surface area (Å²) in [6, 6.07) is 8.31. The normalized spacial score (nSPS) is 13.0. The van der Waals surface area contributed by atoms with E-state index in [-0.39, 0.29) is 6.04 Å². The van der Waals surface area contributed by atoms with Crippen LogP contribution in [0.25, 0.3) is 0 Å². The van der Waals surface area contributed by atoms with Gasteiger partial charge in [-0.05, 0) is 37.2 Å². The summed E-state index contributed by atoms with van der Waals surface area (Å²) >= 11 is 6.04. The van der Waals surface area contributed by atoms with Crippen molar-refractivity contribution in [2.24, 2.45) is 5.73 Å². The Balaban J connectivity index is 2.81. The molecule has 0 aliphatic carbocycles. The van der Waals surface area contributed by atoms with Crippen LogP contribution in [-0.4, -0.2) is 24.5 Å². The molecule has 0 fully saturated rings. The lowest BCUT2D eigenvalue weighted by atomic mass is 10.0. The molecule has 0 aliphatic rings. The summed E-state index contributed by atoms with van der Waals surface area (Å²) in [5.41, 5.74) is 7.14. The van der Waals surface area contributed by atoms with Gasteiger partial charge in [0.1, 0.15) is 0 Å². The molecule has 0 radical (unpaired) electrons. The molecule has 17 heavy (non-hydrogen) atoms. The predicted molar refractivity (Wildman–Crippen MR) is 75.4 cm³/mol. The van der Waals surface area contributed by atoms with Crippen molar-refractivity contribution < 1.29 is 0 Å². The summed E-state index contributed by atoms with van der Waals surface area (Å²) in [7, 11) is 0. The van der Waals surface area contributed by atoms with Crippen molar-refractivity contribution in [2.45, 2.75) is 32.7 Å². The van der Waals surface area contributed by atoms with E-state index in [1.165, 1.54) is 18.4 Å². The fourth-order valence-corrected chi connectivity index (χ4v) is 2.30. The van der Waals surface area contributed by atoms with Gasteiger partial charge in [0.2, 0.25) is 0 Å². The van der Waals surface area contributed by atoms with Crippen LogP contribution in [0.3, 0.4) is 0 Å². The maximum atomic E-state index is 6.04. The third-order valence-electron chi connectivity index (χ3n) is 3.10. The molecule has 0 heterocycles. The van der Waals surface area contributed by atoms with Crippen LogP contribution < -0.4 is 5.73 Å². The molecule has 0 saturated heterocycles. The number of hydrogen-bond donors (Lipinski definition) is 1. The number of unbranched alkanes of at least 4 members (excludes halogenated alkanes) is 1. The fourth-order valence-electron chi connectivity index (χ4n) is 2.11. The van der Waals surface area contributed by atoms with E-state index < -0.39 is 0 Å². The highest BCUT2D eigenvalue weighted by Gasteiger charge is 2.17. The molecule has 0 bridgehead atoms. The van der Waals surface area contributed by atoms with E-state index in [4.69, 9.17) is 17.3 Å². The monoisotopic (exact) mass is 254 g/mol. The number of nitrogens with zero attached hydrogens (tertiary/aromatic N) is 1. The van der Waals surface area contributed by atoms with Gasteiger partial charge >= 0.3 is 0 Å². The predicted octanol–water partition coefficient (Wildman–Crippen LogP) is 3.46. The number of nitrogens with two attached hydrogens (primary N) is 1. The summed E-state index contributed by atoms with van der Waals surface area (Å²) in [5, 5.41) is 0.785. The molecule has 1 aromatic carbocycles. The lowest BCUT2D eigenvalue weighted by molar-refractivity contribution is 0.209. The highest BCUT2D eigenvalue weighted by atomic mass is 35.5. The average Bonchev–Trinajstić information content (AvgIpc) is 2.34. The second kappa shape index (κ2) is 7.70. The molecule has 1 aromatic rings. The SMILES string of the molecule is CCCCN(CC)C(CN)c1cccc(Cl)c1. The van der Waals surface area contributed by atoms with E-state index in [0.29, 0.717) is 6.54 Å². The van der Waals surface area contributed by atoms with Gasteiger partial charge in [-0.2, -0.15) is 0 Å². The van der Waals surface area contributed by atoms with Crippen LogP contribution in [-0.2, 0) is 0 Å². The number of rotatable bonds is 7. The van der Waals surface area contributed by atoms with Gasteiger partial charge in [0.05, 0.1) is 0 Å². The number of hydrogen-bond acceptors (Lipinski definition) is 2. The Kier molecular flexibility index (Phi) is 6.56. The molecule has 0 amide bonds. The van der Waals surface area contributed by atoms with Gasteiger partial charge in [0, 0.05) is 17.6 Å². The zero-order valence-corrected chi connectivity index (χ0v) is 11.6. The van der Waals surface area contributed by atoms with Crippen LogP contribution >= 0.6 is 11.6 Å². The lowest BCUT2D eigenvalue weighted by Gasteiger charge is -2.30. The molecule has 0 spiro atoms. The van der Waals surface area contributed by atoms with Gasteiger partial charge in [-0.15, -0.1) is 0 Å². The molecule has 0 aliphatic heterocycles. The van der Waals surface area contributed by atoms with E-state index in [2.05, 4.69) is 24.8 Å². The third kappa shape index (κ3) is 4.30. The van der Waals surface area contributed by atoms with E-state index in [9.17, 15) is 0 Å². The highest BCUT2D eigenvalue weighted by molar-refractivity contribution is 6.30. The Hall–Kier alpha value is -0.570. The molecule has 1 unspecified atom stereocenters. The first kappa shape index (κ1) is 14.5. The Bertz CT molecular complexity index is 328. The molecule has 0 saturated carbocycles. The molecule has 1 rings (SSSR count). The van der Waals surface area contributed by atoms with Gasteiger partial charge in [0.25, 0.3) is 0 Å². The van der Waals surface area contributed by atoms with Crippen LogP contribution in [0.4, 0.5) is 0 Å². The Morgan fingerprint density at radius 3 is 2.65 bits per heavy atom. The minimum absolute atomic E-state index is 0.283. The van der Waals surface area contributed by atoms with Crippen molar-refractivity contribution in [3.05, 3.63) is 34.9 Å². The van der Waals surface area contributed by atoms with Gasteiger partial charge < -0.3 is 5.73 Å². The Morgan fingerprint density at radius 2 is 2.12 bits per heavy atom. The van der Waals surface area contributed by atoms with Crippen LogP contribution in [0.15, 0.2) is 24.3 Å². The zero-order chi connectivity index (χ0) is 12.7. The molecule has 96 valence electrons. The topological polar surface area (TPSA) is 29.3 Å². The van der Waals surface area contributed by atoms with Crippen LogP contribution in [0.5, 0.6) is 0 Å². The second-order valence-electron chi connectivity index (χ2n) is 4.29. The molecular formula is C14H23ClN2. The van der Waals surface area contributed by atoms with E-state index in [1.807, 2.05) is 18.2 Å². The molecule has 0 aromatic heterocycles. The molecular weight excluding hydrogens is 232 g/mol. The summed E-state index contributed by atoms with van der Waals surface area (Å²) in [5.74, 6) is 0. The number of likely N-dealkylation sites (N-methyl/N-ethyl adjacent to an activating group) is 1. The molecule has 3 heteroatoms.